The maximum absolute atomic E-state index is 15.1. The number of nitrogens with zero attached hydrogens (tertiary/aromatic N) is 15. The van der Waals surface area contributed by atoms with Gasteiger partial charge < -0.3 is 58.3 Å². The van der Waals surface area contributed by atoms with E-state index in [2.05, 4.69) is 44.5 Å². The summed E-state index contributed by atoms with van der Waals surface area (Å²) in [5.41, 5.74) is 1.05. The molecule has 4 amide bonds. The predicted octanol–water partition coefficient (Wildman–Crippen LogP) is 13.8. The van der Waals surface area contributed by atoms with Gasteiger partial charge in [0.05, 0.1) is 49.7 Å². The van der Waals surface area contributed by atoms with E-state index in [1.807, 2.05) is 35.5 Å². The third-order valence-corrected chi connectivity index (χ3v) is 26.4. The van der Waals surface area contributed by atoms with Gasteiger partial charge in [-0.1, -0.05) is 54.5 Å². The van der Waals surface area contributed by atoms with Crippen LogP contribution in [0, 0.1) is 34.9 Å². The third kappa shape index (κ3) is 17.3. The van der Waals surface area contributed by atoms with Crippen molar-refractivity contribution in [3.8, 4) is 50.6 Å². The Morgan fingerprint density at radius 3 is 1.06 bits per heavy atom. The van der Waals surface area contributed by atoms with Gasteiger partial charge in [0.2, 0.25) is 23.6 Å². The molecule has 0 spiro atoms. The fraction of sp³-hybridized carbons (Fsp3) is 0.429. The van der Waals surface area contributed by atoms with Crippen molar-refractivity contribution in [3.05, 3.63) is 192 Å². The molecule has 18 rings (SSSR count). The summed E-state index contributed by atoms with van der Waals surface area (Å²) in [7, 11) is 0. The van der Waals surface area contributed by atoms with Gasteiger partial charge in [-0.05, 0) is 184 Å². The molecule has 9 aliphatic rings. The second-order valence-electron chi connectivity index (χ2n) is 33.3. The van der Waals surface area contributed by atoms with E-state index >= 15 is 13.2 Å². The van der Waals surface area contributed by atoms with Crippen LogP contribution < -0.4 is 46.0 Å². The van der Waals surface area contributed by atoms with Gasteiger partial charge in [0, 0.05) is 171 Å². The van der Waals surface area contributed by atoms with Crippen LogP contribution in [0.3, 0.4) is 0 Å². The fourth-order valence-corrected chi connectivity index (χ4v) is 20.1. The Labute approximate surface area is 732 Å². The molecule has 0 bridgehead atoms. The van der Waals surface area contributed by atoms with E-state index in [1.165, 1.54) is 74.2 Å². The quantitative estimate of drug-likeness (QED) is 0.0541. The number of carbonyl (C=O) groups excluding carboxylic acids is 4. The molecule has 658 valence electrons. The van der Waals surface area contributed by atoms with Gasteiger partial charge in [-0.25, -0.2) is 40.7 Å². The molecular formula is C91H96Cl3F6N15O10. The van der Waals surface area contributed by atoms with Gasteiger partial charge in [0.15, 0.2) is 17.2 Å². The summed E-state index contributed by atoms with van der Waals surface area (Å²) in [6, 6.07) is 13.4. The summed E-state index contributed by atoms with van der Waals surface area (Å²) < 4.78 is 110. The number of aromatic nitrogens is 6. The van der Waals surface area contributed by atoms with Crippen molar-refractivity contribution >= 4 is 109 Å². The number of hydrogen-bond donors (Lipinski definition) is 0. The smallest absolute Gasteiger partial charge is 0.350 e. The number of amides is 4. The Morgan fingerprint density at radius 2 is 0.752 bits per heavy atom. The van der Waals surface area contributed by atoms with Gasteiger partial charge in [-0.15, -0.1) is 0 Å². The second-order valence-corrected chi connectivity index (χ2v) is 34.5. The standard InChI is InChI=1S/C31H34ClF2N5O3.C30H30ClF2N5O4.C30H32ClF2N5O3/c1-3-26(40)37-13-14-38(19(2)17-37)30-23-16-24(32)27(22-9-8-20(33)15-25(22)34)29-28(23)39(31(41)35-30)21(18-42-29)7-6-12-36-10-4-5-11-36;1-3-24(39)36-11-12-37(17(2)15-36)29-21-14-22(31)26(20-7-6-18(32)13-23(20)33)28-27(21)38(30(41)34-29)19(16-42-28)8-10-35-9-4-5-25(35)40;1-3-25(39)36-12-13-37(18(2)16-36)29-22-15-23(31)26(21-7-6-19(32)14-24(21)33)28-27(22)38(30(40)34-29)20(17-41-28)8-11-35-9-4-5-10-35/h3,8-9,15-16,19,21H,1,4-7,10-14,17-18H2,2H3;3,6-7,13-14,17,19H,1,4-5,8-12,15-16H2,2H3;3,6-7,14-15,18,20H,1,4-5,8-13,16-17H2,2H3/t19-,21?;17-,19?;18-,20?/m000/s1. The summed E-state index contributed by atoms with van der Waals surface area (Å²) in [5, 5.41) is 2.33. The van der Waals surface area contributed by atoms with Gasteiger partial charge in [-0.3, -0.25) is 32.9 Å². The number of halogens is 9. The van der Waals surface area contributed by atoms with Crippen LogP contribution >= 0.6 is 34.8 Å². The molecular weight excluding hydrogens is 1680 g/mol. The Morgan fingerprint density at radius 1 is 0.424 bits per heavy atom. The molecule has 0 saturated carbocycles. The normalized spacial score (nSPS) is 20.6. The first-order chi connectivity index (χ1) is 60.2. The molecule has 9 aliphatic heterocycles. The van der Waals surface area contributed by atoms with Crippen molar-refractivity contribution < 1.29 is 59.7 Å². The molecule has 25 nitrogen and oxygen atoms in total. The van der Waals surface area contributed by atoms with Crippen molar-refractivity contribution in [2.45, 2.75) is 121 Å². The van der Waals surface area contributed by atoms with Crippen LogP contribution in [0.5, 0.6) is 17.2 Å². The number of hydrogen-bond acceptors (Lipinski definition) is 18. The van der Waals surface area contributed by atoms with E-state index in [4.69, 9.17) is 49.0 Å². The van der Waals surface area contributed by atoms with Gasteiger partial charge in [-0.2, -0.15) is 15.0 Å². The average molecular weight is 1780 g/mol. The van der Waals surface area contributed by atoms with Crippen LogP contribution in [0.25, 0.3) is 66.1 Å². The van der Waals surface area contributed by atoms with E-state index in [1.54, 1.807) is 51.5 Å². The summed E-state index contributed by atoms with van der Waals surface area (Å²) in [4.78, 5) is 122. The van der Waals surface area contributed by atoms with Crippen LogP contribution in [0.15, 0.2) is 125 Å². The Balaban J connectivity index is 0.000000138. The lowest BCUT2D eigenvalue weighted by Crippen LogP contribution is -2.54. The SMILES string of the molecule is C=CC(=O)N1CCN(c2nc(=O)n3c4c(c(-c5ccc(F)cc5F)c(Cl)cc24)OCC3CCCN2CCCC2)[C@@H](C)C1.C=CC(=O)N1CCN(c2nc(=O)n3c4c(c(-c5ccc(F)cc5F)c(Cl)cc24)OCC3CCN2CCCC2)[C@@H](C)C1.C=CC(=O)N1CCN(c2nc(=O)n3c4c(c(-c5ccc(F)cc5F)c(Cl)cc24)OCC3CCN2CCCC2=O)[C@@H](C)C1. The lowest BCUT2D eigenvalue weighted by molar-refractivity contribution is -0.128. The third-order valence-electron chi connectivity index (χ3n) is 25.5. The minimum Gasteiger partial charge on any atom is -0.488 e. The maximum Gasteiger partial charge on any atom is 0.350 e. The summed E-state index contributed by atoms with van der Waals surface area (Å²) in [6.45, 7) is 28.2. The zero-order valence-corrected chi connectivity index (χ0v) is 71.9. The van der Waals surface area contributed by atoms with Crippen LogP contribution in [0.2, 0.25) is 15.1 Å². The first-order valence-corrected chi connectivity index (χ1v) is 43.7. The highest BCUT2D eigenvalue weighted by atomic mass is 35.5. The van der Waals surface area contributed by atoms with Crippen LogP contribution in [0.1, 0.15) is 103 Å². The summed E-state index contributed by atoms with van der Waals surface area (Å²) >= 11 is 20.4. The first kappa shape index (κ1) is 87.5. The van der Waals surface area contributed by atoms with Crippen molar-refractivity contribution in [3.63, 3.8) is 0 Å². The number of benzene rings is 6. The molecule has 6 aromatic carbocycles. The van der Waals surface area contributed by atoms with Gasteiger partial charge in [0.1, 0.15) is 72.2 Å². The highest BCUT2D eigenvalue weighted by molar-refractivity contribution is 6.36. The lowest BCUT2D eigenvalue weighted by atomic mass is 9.98. The molecule has 0 N–H and O–H groups in total. The molecule has 6 atom stereocenters. The zero-order chi connectivity index (χ0) is 88.1. The predicted molar refractivity (Wildman–Crippen MR) is 469 cm³/mol. The van der Waals surface area contributed by atoms with Gasteiger partial charge >= 0.3 is 17.1 Å². The largest absolute Gasteiger partial charge is 0.488 e. The second kappa shape index (κ2) is 36.9. The number of rotatable bonds is 19. The number of carbonyl (C=O) groups is 4. The fourth-order valence-electron chi connectivity index (χ4n) is 19.2. The average Bonchev–Trinajstić information content (AvgIpc) is 1.33. The van der Waals surface area contributed by atoms with Crippen molar-refractivity contribution in [1.29, 1.82) is 0 Å². The number of likely N-dealkylation sites (tertiary alicyclic amines) is 3. The van der Waals surface area contributed by atoms with Crippen LogP contribution in [0.4, 0.5) is 43.8 Å². The molecule has 6 saturated heterocycles. The van der Waals surface area contributed by atoms with Crippen LogP contribution in [-0.2, 0) is 19.2 Å². The lowest BCUT2D eigenvalue weighted by Gasteiger charge is -2.41. The monoisotopic (exact) mass is 1780 g/mol. The van der Waals surface area contributed by atoms with Crippen molar-refractivity contribution in [2.75, 3.05) is 146 Å². The first-order valence-electron chi connectivity index (χ1n) is 42.6. The number of anilines is 3. The van der Waals surface area contributed by atoms with E-state index in [0.29, 0.717) is 148 Å². The van der Waals surface area contributed by atoms with Gasteiger partial charge in [0.25, 0.3) is 0 Å². The molecule has 3 unspecified atom stereocenters. The molecule has 6 fully saturated rings. The topological polar surface area (TPSA) is 230 Å². The minimum absolute atomic E-state index is 0.0432. The summed E-state index contributed by atoms with van der Waals surface area (Å²) in [5.74, 6) is -2.83. The molecule has 34 heteroatoms. The van der Waals surface area contributed by atoms with E-state index in [-0.39, 0.29) is 139 Å². The summed E-state index contributed by atoms with van der Waals surface area (Å²) in [6.07, 6.45) is 12.7. The highest BCUT2D eigenvalue weighted by Gasteiger charge is 2.41. The maximum atomic E-state index is 15.1. The molecule has 0 aliphatic carbocycles. The number of ether oxygens (including phenoxy) is 3. The van der Waals surface area contributed by atoms with E-state index in [9.17, 15) is 46.7 Å². The molecule has 9 aromatic rings. The minimum atomic E-state index is -0.814. The molecule has 125 heavy (non-hydrogen) atoms. The van der Waals surface area contributed by atoms with Crippen molar-refractivity contribution in [1.82, 2.24) is 58.1 Å². The molecule has 0 radical (unpaired) electrons. The molecule has 12 heterocycles. The van der Waals surface area contributed by atoms with Crippen LogP contribution in [-0.4, -0.2) is 231 Å². The Kier molecular flexibility index (Phi) is 25.8. The van der Waals surface area contributed by atoms with E-state index in [0.717, 1.165) is 76.4 Å². The van der Waals surface area contributed by atoms with Crippen molar-refractivity contribution in [2.24, 2.45) is 0 Å². The molecule has 3 aromatic heterocycles. The van der Waals surface area contributed by atoms with E-state index < -0.39 is 58.0 Å². The highest BCUT2D eigenvalue weighted by Crippen LogP contribution is 2.52. The Hall–Kier alpha value is -11.0. The Bertz CT molecular complexity index is 6010. The number of piperazine rings is 3. The zero-order valence-electron chi connectivity index (χ0n) is 69.7.